The van der Waals surface area contributed by atoms with Crippen LogP contribution in [0.4, 0.5) is 15.8 Å². The summed E-state index contributed by atoms with van der Waals surface area (Å²) in [5.74, 6) is -0.928. The van der Waals surface area contributed by atoms with Crippen LogP contribution in [0.3, 0.4) is 0 Å². The van der Waals surface area contributed by atoms with Crippen molar-refractivity contribution in [3.8, 4) is 0 Å². The molecule has 0 atom stereocenters. The molecule has 0 fully saturated rings. The second-order valence-corrected chi connectivity index (χ2v) is 4.12. The van der Waals surface area contributed by atoms with Gasteiger partial charge < -0.3 is 0 Å². The third-order valence-electron chi connectivity index (χ3n) is 2.76. The number of para-hydroxylation sites is 1. The zero-order chi connectivity index (χ0) is 15.4. The van der Waals surface area contributed by atoms with Gasteiger partial charge in [0.05, 0.1) is 15.4 Å². The fraction of sp³-hybridized carbons (Fsp3) is 0. The Balaban J connectivity index is 2.36. The van der Waals surface area contributed by atoms with Gasteiger partial charge in [0.15, 0.2) is 0 Å². The second kappa shape index (κ2) is 5.91. The molecule has 0 aliphatic carbocycles. The fourth-order valence-electron chi connectivity index (χ4n) is 1.75. The minimum Gasteiger partial charge on any atom is -0.258 e. The summed E-state index contributed by atoms with van der Waals surface area (Å²) in [6.07, 6.45) is 2.91. The van der Waals surface area contributed by atoms with Crippen LogP contribution < -0.4 is 0 Å². The van der Waals surface area contributed by atoms with Crippen molar-refractivity contribution in [3.05, 3.63) is 79.6 Å². The van der Waals surface area contributed by atoms with Crippen LogP contribution in [0.25, 0.3) is 12.2 Å². The van der Waals surface area contributed by atoms with E-state index in [1.807, 2.05) is 0 Å². The molecule has 0 unspecified atom stereocenters. The van der Waals surface area contributed by atoms with Gasteiger partial charge in [0, 0.05) is 12.1 Å². The molecule has 106 valence electrons. The second-order valence-electron chi connectivity index (χ2n) is 4.12. The third-order valence-corrected chi connectivity index (χ3v) is 2.76. The van der Waals surface area contributed by atoms with Crippen molar-refractivity contribution < 1.29 is 14.2 Å². The molecule has 0 amide bonds. The summed E-state index contributed by atoms with van der Waals surface area (Å²) in [6.45, 7) is 0. The van der Waals surface area contributed by atoms with Crippen molar-refractivity contribution in [3.63, 3.8) is 0 Å². The van der Waals surface area contributed by atoms with E-state index in [4.69, 9.17) is 0 Å². The highest BCUT2D eigenvalue weighted by atomic mass is 19.1. The first-order chi connectivity index (χ1) is 9.99. The van der Waals surface area contributed by atoms with Gasteiger partial charge in [0.25, 0.3) is 5.69 Å². The zero-order valence-electron chi connectivity index (χ0n) is 10.6. The largest absolute Gasteiger partial charge is 0.305 e. The molecule has 6 nitrogen and oxygen atoms in total. The molecular formula is C14H9FN2O4. The van der Waals surface area contributed by atoms with E-state index < -0.39 is 21.4 Å². The lowest BCUT2D eigenvalue weighted by Crippen LogP contribution is -1.92. The summed E-state index contributed by atoms with van der Waals surface area (Å²) in [5, 5.41) is 21.5. The van der Waals surface area contributed by atoms with Gasteiger partial charge in [-0.2, -0.15) is 4.39 Å². The summed E-state index contributed by atoms with van der Waals surface area (Å²) < 4.78 is 13.2. The van der Waals surface area contributed by atoms with Crippen LogP contribution in [0, 0.1) is 26.0 Å². The Morgan fingerprint density at radius 1 is 0.905 bits per heavy atom. The highest BCUT2D eigenvalue weighted by Gasteiger charge is 2.14. The standard InChI is InChI=1S/C14H9FN2O4/c15-12-8-6-10(9-14(12)17(20)21)5-7-11-3-1-2-4-13(11)16(18)19/h1-9H/b7-5+. The predicted octanol–water partition coefficient (Wildman–Crippen LogP) is 3.81. The number of halogens is 1. The van der Waals surface area contributed by atoms with Gasteiger partial charge in [-0.25, -0.2) is 0 Å². The summed E-state index contributed by atoms with van der Waals surface area (Å²) in [7, 11) is 0. The minimum atomic E-state index is -0.928. The SMILES string of the molecule is O=[N+]([O-])c1cc(/C=C/c2ccccc2[N+](=O)[O-])ccc1F. The Bertz CT molecular complexity index is 744. The van der Waals surface area contributed by atoms with Crippen molar-refractivity contribution in [2.75, 3.05) is 0 Å². The number of rotatable bonds is 4. The van der Waals surface area contributed by atoms with Crippen LogP contribution in [0.2, 0.25) is 0 Å². The minimum absolute atomic E-state index is 0.0784. The smallest absolute Gasteiger partial charge is 0.258 e. The number of nitro groups is 2. The van der Waals surface area contributed by atoms with Crippen molar-refractivity contribution in [2.24, 2.45) is 0 Å². The Hall–Kier alpha value is -3.09. The molecule has 0 aromatic heterocycles. The van der Waals surface area contributed by atoms with Gasteiger partial charge in [-0.05, 0) is 23.8 Å². The van der Waals surface area contributed by atoms with Gasteiger partial charge in [0.1, 0.15) is 0 Å². The Morgan fingerprint density at radius 2 is 1.57 bits per heavy atom. The highest BCUT2D eigenvalue weighted by molar-refractivity contribution is 5.74. The maximum absolute atomic E-state index is 13.2. The van der Waals surface area contributed by atoms with Crippen LogP contribution in [0.15, 0.2) is 42.5 Å². The van der Waals surface area contributed by atoms with Crippen LogP contribution in [0.5, 0.6) is 0 Å². The van der Waals surface area contributed by atoms with E-state index in [0.29, 0.717) is 11.1 Å². The average molecular weight is 288 g/mol. The average Bonchev–Trinajstić information content (AvgIpc) is 2.46. The molecule has 0 heterocycles. The fourth-order valence-corrected chi connectivity index (χ4v) is 1.75. The topological polar surface area (TPSA) is 86.3 Å². The number of benzene rings is 2. The molecule has 21 heavy (non-hydrogen) atoms. The predicted molar refractivity (Wildman–Crippen MR) is 75.1 cm³/mol. The molecule has 0 radical (unpaired) electrons. The Labute approximate surface area is 118 Å². The maximum atomic E-state index is 13.2. The lowest BCUT2D eigenvalue weighted by Gasteiger charge is -1.98. The summed E-state index contributed by atoms with van der Waals surface area (Å²) in [4.78, 5) is 20.2. The van der Waals surface area contributed by atoms with E-state index in [2.05, 4.69) is 0 Å². The molecule has 2 aromatic carbocycles. The molecular weight excluding hydrogens is 279 g/mol. The Morgan fingerprint density at radius 3 is 2.24 bits per heavy atom. The van der Waals surface area contributed by atoms with Crippen molar-refractivity contribution in [2.45, 2.75) is 0 Å². The molecule has 0 aliphatic heterocycles. The first-order valence-corrected chi connectivity index (χ1v) is 5.84. The van der Waals surface area contributed by atoms with E-state index in [1.165, 1.54) is 30.4 Å². The molecule has 7 heteroatoms. The summed E-state index contributed by atoms with van der Waals surface area (Å²) in [5.41, 5.74) is 0.0146. The van der Waals surface area contributed by atoms with Gasteiger partial charge in [-0.1, -0.05) is 24.3 Å². The Kier molecular flexibility index (Phi) is 4.03. The number of nitro benzene ring substituents is 2. The van der Waals surface area contributed by atoms with Crippen LogP contribution >= 0.6 is 0 Å². The molecule has 0 aliphatic rings. The zero-order valence-corrected chi connectivity index (χ0v) is 10.6. The van der Waals surface area contributed by atoms with E-state index in [0.717, 1.165) is 12.1 Å². The third kappa shape index (κ3) is 3.27. The van der Waals surface area contributed by atoms with Crippen LogP contribution in [-0.2, 0) is 0 Å². The number of hydrogen-bond acceptors (Lipinski definition) is 4. The molecule has 0 saturated carbocycles. The maximum Gasteiger partial charge on any atom is 0.305 e. The molecule has 2 rings (SSSR count). The van der Waals surface area contributed by atoms with E-state index in [9.17, 15) is 24.6 Å². The summed E-state index contributed by atoms with van der Waals surface area (Å²) in [6, 6.07) is 9.49. The lowest BCUT2D eigenvalue weighted by atomic mass is 10.1. The first-order valence-electron chi connectivity index (χ1n) is 5.84. The van der Waals surface area contributed by atoms with Crippen molar-refractivity contribution >= 4 is 23.5 Å². The van der Waals surface area contributed by atoms with Crippen molar-refractivity contribution in [1.29, 1.82) is 0 Å². The van der Waals surface area contributed by atoms with Gasteiger partial charge in [-0.15, -0.1) is 0 Å². The van der Waals surface area contributed by atoms with Gasteiger partial charge in [-0.3, -0.25) is 20.2 Å². The monoisotopic (exact) mass is 288 g/mol. The van der Waals surface area contributed by atoms with Gasteiger partial charge >= 0.3 is 5.69 Å². The quantitative estimate of drug-likeness (QED) is 0.486. The van der Waals surface area contributed by atoms with E-state index in [-0.39, 0.29) is 5.69 Å². The molecule has 2 aromatic rings. The molecule has 0 saturated heterocycles. The van der Waals surface area contributed by atoms with Crippen LogP contribution in [-0.4, -0.2) is 9.85 Å². The molecule has 0 bridgehead atoms. The first kappa shape index (κ1) is 14.3. The van der Waals surface area contributed by atoms with Crippen molar-refractivity contribution in [1.82, 2.24) is 0 Å². The van der Waals surface area contributed by atoms with Crippen LogP contribution in [0.1, 0.15) is 11.1 Å². The lowest BCUT2D eigenvalue weighted by molar-refractivity contribution is -0.387. The van der Waals surface area contributed by atoms with E-state index >= 15 is 0 Å². The summed E-state index contributed by atoms with van der Waals surface area (Å²) >= 11 is 0. The number of hydrogen-bond donors (Lipinski definition) is 0. The normalized spacial score (nSPS) is 10.7. The number of nitrogens with zero attached hydrogens (tertiary/aromatic N) is 2. The van der Waals surface area contributed by atoms with Gasteiger partial charge in [0.2, 0.25) is 5.82 Å². The highest BCUT2D eigenvalue weighted by Crippen LogP contribution is 2.23. The molecule has 0 N–H and O–H groups in total. The van der Waals surface area contributed by atoms with E-state index in [1.54, 1.807) is 12.1 Å². The molecule has 0 spiro atoms.